The van der Waals surface area contributed by atoms with Crippen molar-refractivity contribution in [2.45, 2.75) is 33.4 Å². The molecule has 0 aromatic carbocycles. The van der Waals surface area contributed by atoms with Crippen LogP contribution >= 0.6 is 0 Å². The lowest BCUT2D eigenvalue weighted by Gasteiger charge is -2.31. The van der Waals surface area contributed by atoms with E-state index >= 15 is 0 Å². The first-order valence-electron chi connectivity index (χ1n) is 6.22. The first-order valence-corrected chi connectivity index (χ1v) is 6.22. The summed E-state index contributed by atoms with van der Waals surface area (Å²) in [6.07, 6.45) is 5.24. The van der Waals surface area contributed by atoms with Gasteiger partial charge in [0.2, 0.25) is 11.5 Å². The average molecular weight is 278 g/mol. The van der Waals surface area contributed by atoms with E-state index in [-0.39, 0.29) is 23.0 Å². The number of amides is 1. The fourth-order valence-electron chi connectivity index (χ4n) is 1.72. The molecule has 1 amide bonds. The third kappa shape index (κ3) is 3.14. The van der Waals surface area contributed by atoms with Crippen molar-refractivity contribution in [3.63, 3.8) is 0 Å². The van der Waals surface area contributed by atoms with Crippen molar-refractivity contribution in [3.05, 3.63) is 24.4 Å². The molecule has 0 aliphatic rings. The van der Waals surface area contributed by atoms with Crippen LogP contribution in [0.25, 0.3) is 0 Å². The van der Waals surface area contributed by atoms with Crippen molar-refractivity contribution < 1.29 is 9.42 Å². The van der Waals surface area contributed by atoms with Gasteiger partial charge in [0.05, 0.1) is 12.4 Å². The SMILES string of the molecule is CC(C)(C)C(Cn1ccnc1)NC(=O)c1nonc1N. The zero-order valence-electron chi connectivity index (χ0n) is 11.7. The van der Waals surface area contributed by atoms with Crippen LogP contribution in [0.2, 0.25) is 0 Å². The van der Waals surface area contributed by atoms with Crippen LogP contribution in [0.5, 0.6) is 0 Å². The number of nitrogens with zero attached hydrogens (tertiary/aromatic N) is 4. The molecular formula is C12H18N6O2. The minimum absolute atomic E-state index is 0.00452. The predicted octanol–water partition coefficient (Wildman–Crippen LogP) is 0.693. The van der Waals surface area contributed by atoms with Crippen molar-refractivity contribution in [3.8, 4) is 0 Å². The lowest BCUT2D eigenvalue weighted by molar-refractivity contribution is 0.0883. The minimum atomic E-state index is -0.399. The van der Waals surface area contributed by atoms with E-state index in [4.69, 9.17) is 5.73 Å². The largest absolute Gasteiger partial charge is 0.379 e. The van der Waals surface area contributed by atoms with Gasteiger partial charge in [0, 0.05) is 18.9 Å². The van der Waals surface area contributed by atoms with Crippen molar-refractivity contribution in [1.82, 2.24) is 25.2 Å². The Labute approximate surface area is 116 Å². The summed E-state index contributed by atoms with van der Waals surface area (Å²) in [6.45, 7) is 6.72. The van der Waals surface area contributed by atoms with Crippen molar-refractivity contribution in [2.75, 3.05) is 5.73 Å². The summed E-state index contributed by atoms with van der Waals surface area (Å²) in [5.74, 6) is -0.415. The molecule has 1 unspecified atom stereocenters. The molecule has 0 radical (unpaired) electrons. The second-order valence-corrected chi connectivity index (χ2v) is 5.65. The topological polar surface area (TPSA) is 112 Å². The van der Waals surface area contributed by atoms with Gasteiger partial charge >= 0.3 is 0 Å². The molecule has 8 heteroatoms. The van der Waals surface area contributed by atoms with Crippen LogP contribution in [0.15, 0.2) is 23.4 Å². The standard InChI is InChI=1S/C12H18N6O2/c1-12(2,3)8(6-18-5-4-14-7-18)15-11(19)9-10(13)17-20-16-9/h4-5,7-8H,6H2,1-3H3,(H2,13,17)(H,15,19). The number of nitrogens with one attached hydrogen (secondary N) is 1. The Bertz CT molecular complexity index is 569. The van der Waals surface area contributed by atoms with E-state index in [2.05, 4.69) is 25.2 Å². The molecular weight excluding hydrogens is 260 g/mol. The maximum Gasteiger partial charge on any atom is 0.277 e. The highest BCUT2D eigenvalue weighted by Crippen LogP contribution is 2.21. The lowest BCUT2D eigenvalue weighted by atomic mass is 9.86. The van der Waals surface area contributed by atoms with Gasteiger partial charge in [-0.1, -0.05) is 20.8 Å². The van der Waals surface area contributed by atoms with Crippen LogP contribution in [0, 0.1) is 5.41 Å². The van der Waals surface area contributed by atoms with Gasteiger partial charge in [-0.05, 0) is 15.7 Å². The molecule has 0 aliphatic heterocycles. The molecule has 0 saturated heterocycles. The summed E-state index contributed by atoms with van der Waals surface area (Å²) in [7, 11) is 0. The van der Waals surface area contributed by atoms with Crippen LogP contribution in [0.4, 0.5) is 5.82 Å². The van der Waals surface area contributed by atoms with Crippen molar-refractivity contribution in [1.29, 1.82) is 0 Å². The fourth-order valence-corrected chi connectivity index (χ4v) is 1.72. The average Bonchev–Trinajstić information content (AvgIpc) is 2.98. The van der Waals surface area contributed by atoms with Crippen molar-refractivity contribution in [2.24, 2.45) is 5.41 Å². The van der Waals surface area contributed by atoms with Gasteiger partial charge in [-0.15, -0.1) is 0 Å². The number of rotatable bonds is 4. The molecule has 0 fully saturated rings. The molecule has 2 heterocycles. The molecule has 2 rings (SSSR count). The van der Waals surface area contributed by atoms with Gasteiger partial charge in [-0.3, -0.25) is 4.79 Å². The Morgan fingerprint density at radius 3 is 2.75 bits per heavy atom. The lowest BCUT2D eigenvalue weighted by Crippen LogP contribution is -2.46. The van der Waals surface area contributed by atoms with Gasteiger partial charge in [0.1, 0.15) is 0 Å². The molecule has 0 spiro atoms. The molecule has 2 aromatic rings. The number of hydrogen-bond donors (Lipinski definition) is 2. The summed E-state index contributed by atoms with van der Waals surface area (Å²) in [5, 5.41) is 9.81. The van der Waals surface area contributed by atoms with Crippen molar-refractivity contribution >= 4 is 11.7 Å². The maximum absolute atomic E-state index is 12.1. The van der Waals surface area contributed by atoms with E-state index < -0.39 is 5.91 Å². The highest BCUT2D eigenvalue weighted by atomic mass is 16.6. The Balaban J connectivity index is 2.12. The van der Waals surface area contributed by atoms with Crippen LogP contribution in [0.1, 0.15) is 31.3 Å². The summed E-state index contributed by atoms with van der Waals surface area (Å²) in [5.41, 5.74) is 5.38. The number of nitrogens with two attached hydrogens (primary N) is 1. The number of carbonyl (C=O) groups excluding carboxylic acids is 1. The van der Waals surface area contributed by atoms with Crippen LogP contribution < -0.4 is 11.1 Å². The quantitative estimate of drug-likeness (QED) is 0.851. The van der Waals surface area contributed by atoms with Gasteiger partial charge < -0.3 is 15.6 Å². The first kappa shape index (κ1) is 14.0. The molecule has 0 saturated carbocycles. The summed E-state index contributed by atoms with van der Waals surface area (Å²) in [4.78, 5) is 16.1. The Morgan fingerprint density at radius 2 is 2.25 bits per heavy atom. The minimum Gasteiger partial charge on any atom is -0.379 e. The molecule has 2 aromatic heterocycles. The fraction of sp³-hybridized carbons (Fsp3) is 0.500. The van der Waals surface area contributed by atoms with Crippen LogP contribution in [-0.4, -0.2) is 31.8 Å². The summed E-state index contributed by atoms with van der Waals surface area (Å²) < 4.78 is 6.34. The van der Waals surface area contributed by atoms with E-state index in [1.165, 1.54) is 0 Å². The molecule has 0 aliphatic carbocycles. The normalized spacial score (nSPS) is 13.2. The van der Waals surface area contributed by atoms with Crippen LogP contribution in [-0.2, 0) is 6.54 Å². The van der Waals surface area contributed by atoms with E-state index in [0.29, 0.717) is 6.54 Å². The zero-order chi connectivity index (χ0) is 14.8. The third-order valence-electron chi connectivity index (χ3n) is 3.03. The second-order valence-electron chi connectivity index (χ2n) is 5.65. The highest BCUT2D eigenvalue weighted by molar-refractivity contribution is 5.96. The van der Waals surface area contributed by atoms with Gasteiger partial charge in [0.25, 0.3) is 5.91 Å². The Hall–Kier alpha value is -2.38. The van der Waals surface area contributed by atoms with Gasteiger partial charge in [-0.2, -0.15) is 0 Å². The van der Waals surface area contributed by atoms with Gasteiger partial charge in [-0.25, -0.2) is 9.61 Å². The molecule has 20 heavy (non-hydrogen) atoms. The molecule has 8 nitrogen and oxygen atoms in total. The Morgan fingerprint density at radius 1 is 1.50 bits per heavy atom. The highest BCUT2D eigenvalue weighted by Gasteiger charge is 2.28. The van der Waals surface area contributed by atoms with E-state index in [1.807, 2.05) is 31.5 Å². The zero-order valence-corrected chi connectivity index (χ0v) is 11.7. The smallest absolute Gasteiger partial charge is 0.277 e. The molecule has 108 valence electrons. The number of hydrogen-bond acceptors (Lipinski definition) is 6. The van der Waals surface area contributed by atoms with Gasteiger partial charge in [0.15, 0.2) is 0 Å². The monoisotopic (exact) mass is 278 g/mol. The molecule has 3 N–H and O–H groups in total. The second kappa shape index (κ2) is 5.32. The third-order valence-corrected chi connectivity index (χ3v) is 3.03. The number of imidazole rings is 1. The number of carbonyl (C=O) groups is 1. The molecule has 1 atom stereocenters. The predicted molar refractivity (Wildman–Crippen MR) is 71.6 cm³/mol. The first-order chi connectivity index (χ1) is 9.38. The molecule has 0 bridgehead atoms. The summed E-state index contributed by atoms with van der Waals surface area (Å²) >= 11 is 0. The number of anilines is 1. The number of nitrogen functional groups attached to an aromatic ring is 1. The van der Waals surface area contributed by atoms with E-state index in [9.17, 15) is 4.79 Å². The summed E-state index contributed by atoms with van der Waals surface area (Å²) in [6, 6.07) is -0.125. The van der Waals surface area contributed by atoms with E-state index in [1.54, 1.807) is 12.5 Å². The van der Waals surface area contributed by atoms with E-state index in [0.717, 1.165) is 0 Å². The maximum atomic E-state index is 12.1. The number of aromatic nitrogens is 4. The Kier molecular flexibility index (Phi) is 3.73. The van der Waals surface area contributed by atoms with Crippen LogP contribution in [0.3, 0.4) is 0 Å².